The lowest BCUT2D eigenvalue weighted by Crippen LogP contribution is -2.33. The monoisotopic (exact) mass is 412 g/mol. The van der Waals surface area contributed by atoms with Crippen molar-refractivity contribution in [2.45, 2.75) is 13.0 Å². The van der Waals surface area contributed by atoms with Crippen LogP contribution in [0.3, 0.4) is 0 Å². The molecule has 1 aromatic carbocycles. The Bertz CT molecular complexity index is 1160. The number of pyridine rings is 1. The highest BCUT2D eigenvalue weighted by molar-refractivity contribution is 5.90. The highest BCUT2D eigenvalue weighted by Gasteiger charge is 2.32. The maximum Gasteiger partial charge on any atom is 0.414 e. The van der Waals surface area contributed by atoms with Crippen LogP contribution < -0.4 is 15.9 Å². The zero-order valence-electron chi connectivity index (χ0n) is 15.8. The molecule has 2 amide bonds. The summed E-state index contributed by atoms with van der Waals surface area (Å²) in [5.74, 6) is -0.471. The smallest absolute Gasteiger partial charge is 0.414 e. The van der Waals surface area contributed by atoms with Crippen LogP contribution in [0.15, 0.2) is 47.7 Å². The SMILES string of the molecule is CC(=O)NC[C@H]1CN(c2ccc(-c3ccc(-n4nc[nH]c4=O)nc3)c(F)c2)C(=O)O1. The Kier molecular flexibility index (Phi) is 5.00. The molecule has 2 N–H and O–H groups in total. The van der Waals surface area contributed by atoms with Gasteiger partial charge in [0.05, 0.1) is 18.8 Å². The molecule has 1 atom stereocenters. The van der Waals surface area contributed by atoms with Crippen molar-refractivity contribution < 1.29 is 18.7 Å². The fourth-order valence-electron chi connectivity index (χ4n) is 3.09. The lowest BCUT2D eigenvalue weighted by Gasteiger charge is -2.14. The van der Waals surface area contributed by atoms with Gasteiger partial charge in [-0.05, 0) is 30.3 Å². The van der Waals surface area contributed by atoms with Gasteiger partial charge in [0, 0.05) is 24.2 Å². The Morgan fingerprint density at radius 3 is 2.80 bits per heavy atom. The molecule has 1 aliphatic rings. The largest absolute Gasteiger partial charge is 0.442 e. The molecule has 3 heterocycles. The summed E-state index contributed by atoms with van der Waals surface area (Å²) < 4.78 is 21.0. The third-order valence-electron chi connectivity index (χ3n) is 4.55. The van der Waals surface area contributed by atoms with Crippen LogP contribution in [0.4, 0.5) is 14.9 Å². The molecular weight excluding hydrogens is 395 g/mol. The van der Waals surface area contributed by atoms with Crippen LogP contribution in [-0.4, -0.2) is 50.9 Å². The molecule has 0 aliphatic carbocycles. The van der Waals surface area contributed by atoms with E-state index in [1.807, 2.05) is 0 Å². The van der Waals surface area contributed by atoms with E-state index in [1.54, 1.807) is 18.2 Å². The van der Waals surface area contributed by atoms with Gasteiger partial charge >= 0.3 is 11.8 Å². The second-order valence-corrected chi connectivity index (χ2v) is 6.63. The van der Waals surface area contributed by atoms with Gasteiger partial charge in [-0.2, -0.15) is 9.78 Å². The number of benzene rings is 1. The van der Waals surface area contributed by atoms with Crippen molar-refractivity contribution in [2.24, 2.45) is 0 Å². The van der Waals surface area contributed by atoms with E-state index in [1.165, 1.54) is 36.5 Å². The predicted octanol–water partition coefficient (Wildman–Crippen LogP) is 1.22. The molecule has 0 radical (unpaired) electrons. The summed E-state index contributed by atoms with van der Waals surface area (Å²) in [5.41, 5.74) is 0.702. The highest BCUT2D eigenvalue weighted by atomic mass is 19.1. The highest BCUT2D eigenvalue weighted by Crippen LogP contribution is 2.29. The third kappa shape index (κ3) is 3.77. The van der Waals surface area contributed by atoms with E-state index in [9.17, 15) is 18.8 Å². The molecule has 0 unspecified atom stereocenters. The number of carbonyl (C=O) groups is 2. The molecule has 30 heavy (non-hydrogen) atoms. The fraction of sp³-hybridized carbons (Fsp3) is 0.211. The first-order valence-electron chi connectivity index (χ1n) is 9.04. The van der Waals surface area contributed by atoms with Gasteiger partial charge in [0.2, 0.25) is 5.91 Å². The van der Waals surface area contributed by atoms with Gasteiger partial charge in [-0.1, -0.05) is 0 Å². The molecule has 0 spiro atoms. The van der Waals surface area contributed by atoms with Crippen molar-refractivity contribution in [2.75, 3.05) is 18.0 Å². The third-order valence-corrected chi connectivity index (χ3v) is 4.55. The number of rotatable bonds is 5. The molecule has 1 fully saturated rings. The van der Waals surface area contributed by atoms with Gasteiger partial charge < -0.3 is 10.1 Å². The number of aromatic amines is 1. The van der Waals surface area contributed by atoms with E-state index in [2.05, 4.69) is 20.4 Å². The van der Waals surface area contributed by atoms with Crippen LogP contribution in [0.5, 0.6) is 0 Å². The minimum atomic E-state index is -0.604. The van der Waals surface area contributed by atoms with E-state index >= 15 is 0 Å². The summed E-state index contributed by atoms with van der Waals surface area (Å²) in [7, 11) is 0. The standard InChI is InChI=1S/C19H17FN6O4/c1-11(27)21-8-14-9-25(19(29)30-14)13-3-4-15(16(20)6-13)12-2-5-17(22-7-12)26-18(28)23-10-24-26/h2-7,10,14H,8-9H2,1H3,(H,21,27)(H,23,24,28)/t14-/m0/s1. The van der Waals surface area contributed by atoms with E-state index in [0.29, 0.717) is 17.1 Å². The molecule has 154 valence electrons. The Morgan fingerprint density at radius 2 is 2.17 bits per heavy atom. The van der Waals surface area contributed by atoms with Gasteiger partial charge in [-0.3, -0.25) is 14.7 Å². The Morgan fingerprint density at radius 1 is 1.33 bits per heavy atom. The Hall–Kier alpha value is -4.02. The van der Waals surface area contributed by atoms with E-state index in [0.717, 1.165) is 4.68 Å². The average Bonchev–Trinajstić information content (AvgIpc) is 3.32. The summed E-state index contributed by atoms with van der Waals surface area (Å²) in [6.07, 6.45) is 1.57. The van der Waals surface area contributed by atoms with Gasteiger partial charge in [0.25, 0.3) is 0 Å². The summed E-state index contributed by atoms with van der Waals surface area (Å²) in [4.78, 5) is 42.6. The van der Waals surface area contributed by atoms with Crippen molar-refractivity contribution in [3.63, 3.8) is 0 Å². The van der Waals surface area contributed by atoms with Crippen molar-refractivity contribution in [1.82, 2.24) is 25.1 Å². The summed E-state index contributed by atoms with van der Waals surface area (Å²) >= 11 is 0. The summed E-state index contributed by atoms with van der Waals surface area (Å²) in [6, 6.07) is 7.55. The predicted molar refractivity (Wildman–Crippen MR) is 104 cm³/mol. The van der Waals surface area contributed by atoms with Gasteiger partial charge in [-0.15, -0.1) is 0 Å². The van der Waals surface area contributed by atoms with Crippen molar-refractivity contribution in [3.05, 3.63) is 59.2 Å². The second kappa shape index (κ2) is 7.78. The number of halogens is 1. The van der Waals surface area contributed by atoms with Crippen molar-refractivity contribution in [1.29, 1.82) is 0 Å². The summed E-state index contributed by atoms with van der Waals surface area (Å²) in [5, 5.41) is 6.43. The number of amides is 2. The zero-order valence-corrected chi connectivity index (χ0v) is 15.8. The van der Waals surface area contributed by atoms with Crippen LogP contribution in [0.25, 0.3) is 16.9 Å². The van der Waals surface area contributed by atoms with Crippen molar-refractivity contribution >= 4 is 17.7 Å². The second-order valence-electron chi connectivity index (χ2n) is 6.63. The van der Waals surface area contributed by atoms with Crippen LogP contribution in [0, 0.1) is 5.82 Å². The number of ether oxygens (including phenoxy) is 1. The number of H-pyrrole nitrogens is 1. The minimum Gasteiger partial charge on any atom is -0.442 e. The Labute approximate surface area is 169 Å². The molecule has 1 aliphatic heterocycles. The number of carbonyl (C=O) groups excluding carboxylic acids is 2. The van der Waals surface area contributed by atoms with Gasteiger partial charge in [-0.25, -0.2) is 19.0 Å². The molecule has 4 rings (SSSR count). The van der Waals surface area contributed by atoms with Crippen molar-refractivity contribution in [3.8, 4) is 16.9 Å². The number of hydrogen-bond acceptors (Lipinski definition) is 6. The van der Waals surface area contributed by atoms with Crippen LogP contribution in [0.2, 0.25) is 0 Å². The molecule has 10 nitrogen and oxygen atoms in total. The quantitative estimate of drug-likeness (QED) is 0.650. The Balaban J connectivity index is 1.52. The number of hydrogen-bond donors (Lipinski definition) is 2. The number of anilines is 1. The molecule has 2 aromatic heterocycles. The molecule has 3 aromatic rings. The van der Waals surface area contributed by atoms with Crippen LogP contribution in [0.1, 0.15) is 6.92 Å². The minimum absolute atomic E-state index is 0.190. The lowest BCUT2D eigenvalue weighted by molar-refractivity contribution is -0.119. The van der Waals surface area contributed by atoms with E-state index in [-0.39, 0.29) is 24.6 Å². The van der Waals surface area contributed by atoms with E-state index < -0.39 is 23.7 Å². The van der Waals surface area contributed by atoms with Gasteiger partial charge in [0.1, 0.15) is 18.2 Å². The number of aromatic nitrogens is 4. The first-order valence-corrected chi connectivity index (χ1v) is 9.04. The van der Waals surface area contributed by atoms with Crippen LogP contribution in [-0.2, 0) is 9.53 Å². The molecule has 0 bridgehead atoms. The summed E-state index contributed by atoms with van der Waals surface area (Å²) in [6.45, 7) is 1.76. The molecule has 11 heteroatoms. The number of nitrogens with zero attached hydrogens (tertiary/aromatic N) is 4. The fourth-order valence-corrected chi connectivity index (χ4v) is 3.09. The molecule has 1 saturated heterocycles. The maximum absolute atomic E-state index is 14.8. The number of nitrogens with one attached hydrogen (secondary N) is 2. The van der Waals surface area contributed by atoms with E-state index in [4.69, 9.17) is 4.74 Å². The topological polar surface area (TPSA) is 122 Å². The maximum atomic E-state index is 14.8. The first kappa shape index (κ1) is 19.3. The molecule has 0 saturated carbocycles. The normalized spacial score (nSPS) is 15.9. The van der Waals surface area contributed by atoms with Gasteiger partial charge in [0.15, 0.2) is 5.82 Å². The average molecular weight is 412 g/mol. The van der Waals surface area contributed by atoms with Crippen LogP contribution >= 0.6 is 0 Å². The lowest BCUT2D eigenvalue weighted by atomic mass is 10.1. The first-order chi connectivity index (χ1) is 14.4. The molecular formula is C19H17FN6O4. The zero-order chi connectivity index (χ0) is 21.3. The number of cyclic esters (lactones) is 1.